The standard InChI is InChI=1S/C14H18N2.ClH/c15-11-14(13-7-3-1-4-8-13)12-16-9-5-2-6-10-16;/h1,3-4,7-8,14H,2,5-6,9-10,12H2;1H. The molecule has 1 saturated heterocycles. The zero-order valence-electron chi connectivity index (χ0n) is 10.0. The van der Waals surface area contributed by atoms with Gasteiger partial charge in [-0.1, -0.05) is 36.8 Å². The van der Waals surface area contributed by atoms with Crippen molar-refractivity contribution in [2.75, 3.05) is 19.6 Å². The fourth-order valence-electron chi connectivity index (χ4n) is 2.31. The van der Waals surface area contributed by atoms with Crippen molar-refractivity contribution >= 4 is 12.4 Å². The molecule has 0 spiro atoms. The minimum atomic E-state index is 0. The number of hydrogen-bond donors (Lipinski definition) is 0. The Kier molecular flexibility index (Phi) is 6.04. The highest BCUT2D eigenvalue weighted by molar-refractivity contribution is 5.85. The summed E-state index contributed by atoms with van der Waals surface area (Å²) in [7, 11) is 0. The van der Waals surface area contributed by atoms with Crippen molar-refractivity contribution < 1.29 is 0 Å². The molecule has 1 aliphatic rings. The largest absolute Gasteiger partial charge is 0.302 e. The molecule has 1 fully saturated rings. The van der Waals surface area contributed by atoms with E-state index in [1.54, 1.807) is 0 Å². The normalized spacial score (nSPS) is 17.8. The van der Waals surface area contributed by atoms with Crippen LogP contribution in [0.4, 0.5) is 0 Å². The highest BCUT2D eigenvalue weighted by Gasteiger charge is 2.17. The van der Waals surface area contributed by atoms with Gasteiger partial charge in [-0.2, -0.15) is 5.26 Å². The summed E-state index contributed by atoms with van der Waals surface area (Å²) in [6.45, 7) is 3.20. The van der Waals surface area contributed by atoms with Crippen LogP contribution < -0.4 is 0 Å². The van der Waals surface area contributed by atoms with Gasteiger partial charge in [-0.15, -0.1) is 12.4 Å². The molecule has 0 N–H and O–H groups in total. The van der Waals surface area contributed by atoms with E-state index in [4.69, 9.17) is 0 Å². The lowest BCUT2D eigenvalue weighted by Crippen LogP contribution is -2.33. The molecule has 2 rings (SSSR count). The van der Waals surface area contributed by atoms with Crippen molar-refractivity contribution in [1.29, 1.82) is 5.26 Å². The molecule has 92 valence electrons. The number of hydrogen-bond acceptors (Lipinski definition) is 2. The molecule has 1 aromatic carbocycles. The van der Waals surface area contributed by atoms with Crippen molar-refractivity contribution in [2.24, 2.45) is 0 Å². The van der Waals surface area contributed by atoms with E-state index >= 15 is 0 Å². The maximum atomic E-state index is 9.23. The maximum Gasteiger partial charge on any atom is 0.0839 e. The zero-order chi connectivity index (χ0) is 11.2. The van der Waals surface area contributed by atoms with E-state index in [-0.39, 0.29) is 18.3 Å². The number of rotatable bonds is 3. The van der Waals surface area contributed by atoms with Crippen LogP contribution >= 0.6 is 12.4 Å². The number of benzene rings is 1. The summed E-state index contributed by atoms with van der Waals surface area (Å²) >= 11 is 0. The molecule has 1 unspecified atom stereocenters. The number of nitrogens with zero attached hydrogens (tertiary/aromatic N) is 2. The SMILES string of the molecule is Cl.N#CC(CN1CCCCC1)c1ccccc1. The Bertz CT molecular complexity index is 352. The molecule has 2 nitrogen and oxygen atoms in total. The Balaban J connectivity index is 0.00000144. The summed E-state index contributed by atoms with van der Waals surface area (Å²) in [5.41, 5.74) is 1.15. The quantitative estimate of drug-likeness (QED) is 0.824. The van der Waals surface area contributed by atoms with Gasteiger partial charge < -0.3 is 4.90 Å². The van der Waals surface area contributed by atoms with E-state index in [9.17, 15) is 5.26 Å². The van der Waals surface area contributed by atoms with E-state index in [0.29, 0.717) is 0 Å². The number of halogens is 1. The summed E-state index contributed by atoms with van der Waals surface area (Å²) in [4.78, 5) is 2.42. The Hall–Kier alpha value is -1.04. The van der Waals surface area contributed by atoms with Crippen LogP contribution in [0.3, 0.4) is 0 Å². The van der Waals surface area contributed by atoms with Crippen molar-refractivity contribution in [2.45, 2.75) is 25.2 Å². The van der Waals surface area contributed by atoms with E-state index in [1.165, 1.54) is 19.3 Å². The second-order valence-electron chi connectivity index (χ2n) is 4.45. The first-order valence-electron chi connectivity index (χ1n) is 6.07. The van der Waals surface area contributed by atoms with Gasteiger partial charge in [0.1, 0.15) is 0 Å². The van der Waals surface area contributed by atoms with Gasteiger partial charge in [-0.05, 0) is 31.5 Å². The number of nitriles is 1. The Morgan fingerprint density at radius 1 is 1.12 bits per heavy atom. The molecule has 1 aliphatic heterocycles. The Morgan fingerprint density at radius 3 is 2.35 bits per heavy atom. The summed E-state index contributed by atoms with van der Waals surface area (Å²) in [5, 5.41) is 9.23. The fraction of sp³-hybridized carbons (Fsp3) is 0.500. The van der Waals surface area contributed by atoms with Crippen molar-refractivity contribution in [1.82, 2.24) is 4.90 Å². The molecule has 0 saturated carbocycles. The molecule has 1 heterocycles. The third kappa shape index (κ3) is 4.03. The van der Waals surface area contributed by atoms with E-state index in [1.807, 2.05) is 18.2 Å². The van der Waals surface area contributed by atoms with Gasteiger partial charge in [-0.25, -0.2) is 0 Å². The molecule has 0 bridgehead atoms. The van der Waals surface area contributed by atoms with Gasteiger partial charge in [0.2, 0.25) is 0 Å². The molecule has 17 heavy (non-hydrogen) atoms. The van der Waals surface area contributed by atoms with Gasteiger partial charge in [0.05, 0.1) is 12.0 Å². The van der Waals surface area contributed by atoms with Crippen molar-refractivity contribution in [3.05, 3.63) is 35.9 Å². The monoisotopic (exact) mass is 250 g/mol. The minimum absolute atomic E-state index is 0. The molecule has 1 atom stereocenters. The molecule has 0 aromatic heterocycles. The third-order valence-electron chi connectivity index (χ3n) is 3.25. The average molecular weight is 251 g/mol. The molecule has 3 heteroatoms. The van der Waals surface area contributed by atoms with E-state index in [0.717, 1.165) is 25.2 Å². The van der Waals surface area contributed by atoms with Gasteiger partial charge in [0.25, 0.3) is 0 Å². The predicted octanol–water partition coefficient (Wildman–Crippen LogP) is 3.20. The van der Waals surface area contributed by atoms with Crippen molar-refractivity contribution in [3.63, 3.8) is 0 Å². The summed E-state index contributed by atoms with van der Waals surface area (Å²) in [5.74, 6) is 0.0271. The van der Waals surface area contributed by atoms with Gasteiger partial charge in [0.15, 0.2) is 0 Å². The third-order valence-corrected chi connectivity index (χ3v) is 3.25. The van der Waals surface area contributed by atoms with Gasteiger partial charge >= 0.3 is 0 Å². The second kappa shape index (κ2) is 7.32. The second-order valence-corrected chi connectivity index (χ2v) is 4.45. The number of likely N-dealkylation sites (tertiary alicyclic amines) is 1. The van der Waals surface area contributed by atoms with Crippen LogP contribution in [0.25, 0.3) is 0 Å². The highest BCUT2D eigenvalue weighted by atomic mass is 35.5. The number of piperidine rings is 1. The first-order chi connectivity index (χ1) is 7.90. The lowest BCUT2D eigenvalue weighted by Gasteiger charge is -2.28. The highest BCUT2D eigenvalue weighted by Crippen LogP contribution is 2.18. The average Bonchev–Trinajstić information content (AvgIpc) is 2.38. The van der Waals surface area contributed by atoms with Crippen LogP contribution in [0.15, 0.2) is 30.3 Å². The molecule has 0 amide bonds. The Labute approximate surface area is 110 Å². The van der Waals surface area contributed by atoms with Crippen LogP contribution in [-0.4, -0.2) is 24.5 Å². The van der Waals surface area contributed by atoms with Gasteiger partial charge in [-0.3, -0.25) is 0 Å². The smallest absolute Gasteiger partial charge is 0.0839 e. The topological polar surface area (TPSA) is 27.0 Å². The summed E-state index contributed by atoms with van der Waals surface area (Å²) in [6, 6.07) is 12.5. The van der Waals surface area contributed by atoms with Crippen LogP contribution in [0.2, 0.25) is 0 Å². The molecule has 0 aliphatic carbocycles. The van der Waals surface area contributed by atoms with E-state index in [2.05, 4.69) is 23.1 Å². The van der Waals surface area contributed by atoms with Crippen molar-refractivity contribution in [3.8, 4) is 6.07 Å². The van der Waals surface area contributed by atoms with Crippen LogP contribution in [0, 0.1) is 11.3 Å². The molecule has 0 radical (unpaired) electrons. The van der Waals surface area contributed by atoms with Crippen LogP contribution in [0.1, 0.15) is 30.7 Å². The zero-order valence-corrected chi connectivity index (χ0v) is 10.8. The Morgan fingerprint density at radius 2 is 1.76 bits per heavy atom. The first kappa shape index (κ1) is 14.0. The lowest BCUT2D eigenvalue weighted by atomic mass is 9.99. The first-order valence-corrected chi connectivity index (χ1v) is 6.07. The van der Waals surface area contributed by atoms with Crippen LogP contribution in [-0.2, 0) is 0 Å². The van der Waals surface area contributed by atoms with Crippen LogP contribution in [0.5, 0.6) is 0 Å². The molecular formula is C14H19ClN2. The minimum Gasteiger partial charge on any atom is -0.302 e. The fourth-order valence-corrected chi connectivity index (χ4v) is 2.31. The molecular weight excluding hydrogens is 232 g/mol. The summed E-state index contributed by atoms with van der Waals surface area (Å²) in [6.07, 6.45) is 3.92. The molecule has 1 aromatic rings. The predicted molar refractivity (Wildman–Crippen MR) is 72.3 cm³/mol. The maximum absolute atomic E-state index is 9.23. The summed E-state index contributed by atoms with van der Waals surface area (Å²) < 4.78 is 0. The lowest BCUT2D eigenvalue weighted by molar-refractivity contribution is 0.225. The van der Waals surface area contributed by atoms with Gasteiger partial charge in [0, 0.05) is 6.54 Å². The van der Waals surface area contributed by atoms with E-state index < -0.39 is 0 Å².